The molecule has 0 aromatic heterocycles. The minimum Gasteiger partial charge on any atom is -0.444 e. The number of hydrogen-bond acceptors (Lipinski definition) is 4. The third kappa shape index (κ3) is 11.4. The number of rotatable bonds is 9. The fourth-order valence-corrected chi connectivity index (χ4v) is 2.77. The second kappa shape index (κ2) is 10.9. The van der Waals surface area contributed by atoms with Gasteiger partial charge in [0.2, 0.25) is 11.8 Å². The molecule has 1 aliphatic rings. The summed E-state index contributed by atoms with van der Waals surface area (Å²) < 4.78 is 5.08. The Morgan fingerprint density at radius 3 is 2.12 bits per heavy atom. The molecule has 1 aliphatic carbocycles. The van der Waals surface area contributed by atoms with E-state index in [-0.39, 0.29) is 24.8 Å². The summed E-state index contributed by atoms with van der Waals surface area (Å²) in [5.41, 5.74) is -0.547. The normalized spacial score (nSPS) is 14.8. The first-order valence-electron chi connectivity index (χ1n) is 9.26. The fraction of sp³-hybridized carbons (Fsp3) is 0.833. The van der Waals surface area contributed by atoms with Gasteiger partial charge in [-0.15, -0.1) is 0 Å². The van der Waals surface area contributed by atoms with Gasteiger partial charge in [-0.05, 0) is 46.0 Å². The van der Waals surface area contributed by atoms with Gasteiger partial charge in [0, 0.05) is 32.5 Å². The average molecular weight is 355 g/mol. The SMILES string of the molecule is CC(C)(C)OC(=O)NCCC(=O)NCCCNC(=O)CC1CCCC1. The van der Waals surface area contributed by atoms with Crippen molar-refractivity contribution in [3.8, 4) is 0 Å². The Bertz CT molecular complexity index is 440. The summed E-state index contributed by atoms with van der Waals surface area (Å²) in [5, 5.41) is 8.21. The van der Waals surface area contributed by atoms with E-state index in [2.05, 4.69) is 16.0 Å². The average Bonchev–Trinajstić information content (AvgIpc) is 2.97. The van der Waals surface area contributed by atoms with E-state index in [9.17, 15) is 14.4 Å². The molecule has 0 spiro atoms. The lowest BCUT2D eigenvalue weighted by Gasteiger charge is -2.19. The molecule has 0 atom stereocenters. The largest absolute Gasteiger partial charge is 0.444 e. The lowest BCUT2D eigenvalue weighted by Crippen LogP contribution is -2.35. The maximum Gasteiger partial charge on any atom is 0.407 e. The molecule has 144 valence electrons. The first kappa shape index (κ1) is 21.3. The second-order valence-corrected chi connectivity index (χ2v) is 7.59. The van der Waals surface area contributed by atoms with E-state index >= 15 is 0 Å². The van der Waals surface area contributed by atoms with E-state index in [1.165, 1.54) is 25.7 Å². The topological polar surface area (TPSA) is 96.5 Å². The van der Waals surface area contributed by atoms with Gasteiger partial charge in [0.25, 0.3) is 0 Å². The number of carbonyl (C=O) groups is 3. The number of alkyl carbamates (subject to hydrolysis) is 1. The zero-order chi connectivity index (χ0) is 18.7. The summed E-state index contributed by atoms with van der Waals surface area (Å²) in [6.07, 6.45) is 5.82. The summed E-state index contributed by atoms with van der Waals surface area (Å²) in [4.78, 5) is 34.8. The zero-order valence-corrected chi connectivity index (χ0v) is 15.8. The van der Waals surface area contributed by atoms with Gasteiger partial charge in [-0.25, -0.2) is 4.79 Å². The fourth-order valence-electron chi connectivity index (χ4n) is 2.77. The first-order valence-corrected chi connectivity index (χ1v) is 9.26. The predicted octanol–water partition coefficient (Wildman–Crippen LogP) is 2.10. The van der Waals surface area contributed by atoms with Gasteiger partial charge in [0.05, 0.1) is 0 Å². The maximum absolute atomic E-state index is 11.7. The van der Waals surface area contributed by atoms with Crippen molar-refractivity contribution in [2.45, 2.75) is 71.3 Å². The molecule has 0 aliphatic heterocycles. The van der Waals surface area contributed by atoms with E-state index in [1.807, 2.05) is 0 Å². The van der Waals surface area contributed by atoms with Gasteiger partial charge in [0.15, 0.2) is 0 Å². The molecule has 0 radical (unpaired) electrons. The van der Waals surface area contributed by atoms with Crippen LogP contribution in [-0.4, -0.2) is 43.1 Å². The van der Waals surface area contributed by atoms with Crippen molar-refractivity contribution in [2.24, 2.45) is 5.92 Å². The lowest BCUT2D eigenvalue weighted by atomic mass is 10.0. The molecule has 0 bridgehead atoms. The zero-order valence-electron chi connectivity index (χ0n) is 15.8. The third-order valence-corrected chi connectivity index (χ3v) is 3.97. The van der Waals surface area contributed by atoms with Crippen LogP contribution in [0, 0.1) is 5.92 Å². The molecular formula is C18H33N3O4. The maximum atomic E-state index is 11.7. The van der Waals surface area contributed by atoms with Crippen molar-refractivity contribution in [3.63, 3.8) is 0 Å². The summed E-state index contributed by atoms with van der Waals surface area (Å²) in [6, 6.07) is 0. The molecule has 3 N–H and O–H groups in total. The number of ether oxygens (including phenoxy) is 1. The van der Waals surface area contributed by atoms with Crippen LogP contribution in [0.4, 0.5) is 4.79 Å². The van der Waals surface area contributed by atoms with Crippen LogP contribution in [0.2, 0.25) is 0 Å². The van der Waals surface area contributed by atoms with E-state index < -0.39 is 11.7 Å². The van der Waals surface area contributed by atoms with Crippen molar-refractivity contribution in [1.82, 2.24) is 16.0 Å². The van der Waals surface area contributed by atoms with E-state index in [1.54, 1.807) is 20.8 Å². The Labute approximate surface area is 150 Å². The smallest absolute Gasteiger partial charge is 0.407 e. The van der Waals surface area contributed by atoms with Crippen molar-refractivity contribution >= 4 is 17.9 Å². The lowest BCUT2D eigenvalue weighted by molar-refractivity contribution is -0.122. The molecule has 3 amide bonds. The quantitative estimate of drug-likeness (QED) is 0.552. The Hall–Kier alpha value is -1.79. The molecule has 7 heteroatoms. The van der Waals surface area contributed by atoms with Gasteiger partial charge in [-0.3, -0.25) is 9.59 Å². The van der Waals surface area contributed by atoms with Crippen LogP contribution in [0.3, 0.4) is 0 Å². The number of nitrogens with one attached hydrogen (secondary N) is 3. The van der Waals surface area contributed by atoms with Crippen LogP contribution in [-0.2, 0) is 14.3 Å². The van der Waals surface area contributed by atoms with Gasteiger partial charge in [-0.2, -0.15) is 0 Å². The highest BCUT2D eigenvalue weighted by Crippen LogP contribution is 2.27. The van der Waals surface area contributed by atoms with E-state index in [4.69, 9.17) is 4.74 Å². The molecule has 0 aromatic rings. The Morgan fingerprint density at radius 1 is 0.920 bits per heavy atom. The summed E-state index contributed by atoms with van der Waals surface area (Å²) in [6.45, 7) is 6.67. The minimum atomic E-state index is -0.547. The molecule has 1 saturated carbocycles. The molecule has 25 heavy (non-hydrogen) atoms. The highest BCUT2D eigenvalue weighted by atomic mass is 16.6. The number of amides is 3. The van der Waals surface area contributed by atoms with Gasteiger partial charge < -0.3 is 20.7 Å². The van der Waals surface area contributed by atoms with Crippen molar-refractivity contribution in [2.75, 3.05) is 19.6 Å². The predicted molar refractivity (Wildman–Crippen MR) is 96.1 cm³/mol. The molecular weight excluding hydrogens is 322 g/mol. The summed E-state index contributed by atoms with van der Waals surface area (Å²) >= 11 is 0. The van der Waals surface area contributed by atoms with Crippen molar-refractivity contribution in [1.29, 1.82) is 0 Å². The third-order valence-electron chi connectivity index (χ3n) is 3.97. The van der Waals surface area contributed by atoms with Gasteiger partial charge in [0.1, 0.15) is 5.60 Å². The van der Waals surface area contributed by atoms with Crippen LogP contribution in [0.5, 0.6) is 0 Å². The standard InChI is InChI=1S/C18H33N3O4/c1-18(2,3)25-17(24)21-12-9-15(22)19-10-6-11-20-16(23)13-14-7-4-5-8-14/h14H,4-13H2,1-3H3,(H,19,22)(H,20,23)(H,21,24). The monoisotopic (exact) mass is 355 g/mol. The molecule has 0 saturated heterocycles. The van der Waals surface area contributed by atoms with Gasteiger partial charge >= 0.3 is 6.09 Å². The van der Waals surface area contributed by atoms with Crippen molar-refractivity contribution in [3.05, 3.63) is 0 Å². The number of carbonyl (C=O) groups excluding carboxylic acids is 3. The number of hydrogen-bond donors (Lipinski definition) is 3. The molecule has 1 fully saturated rings. The van der Waals surface area contributed by atoms with Crippen LogP contribution in [0.1, 0.15) is 65.7 Å². The van der Waals surface area contributed by atoms with Crippen LogP contribution < -0.4 is 16.0 Å². The van der Waals surface area contributed by atoms with Crippen molar-refractivity contribution < 1.29 is 19.1 Å². The second-order valence-electron chi connectivity index (χ2n) is 7.59. The van der Waals surface area contributed by atoms with Gasteiger partial charge in [-0.1, -0.05) is 12.8 Å². The Kier molecular flexibility index (Phi) is 9.31. The Morgan fingerprint density at radius 2 is 1.52 bits per heavy atom. The highest BCUT2D eigenvalue weighted by molar-refractivity contribution is 5.77. The first-order chi connectivity index (χ1) is 11.8. The minimum absolute atomic E-state index is 0.111. The molecule has 0 heterocycles. The molecule has 0 unspecified atom stereocenters. The highest BCUT2D eigenvalue weighted by Gasteiger charge is 2.18. The van der Waals surface area contributed by atoms with Crippen LogP contribution in [0.15, 0.2) is 0 Å². The molecule has 1 rings (SSSR count). The Balaban J connectivity index is 1.96. The summed E-state index contributed by atoms with van der Waals surface area (Å²) in [7, 11) is 0. The van der Waals surface area contributed by atoms with Crippen LogP contribution in [0.25, 0.3) is 0 Å². The van der Waals surface area contributed by atoms with E-state index in [0.717, 1.165) is 0 Å². The molecule has 0 aromatic carbocycles. The van der Waals surface area contributed by atoms with Crippen LogP contribution >= 0.6 is 0 Å². The summed E-state index contributed by atoms with van der Waals surface area (Å²) in [5.74, 6) is 0.533. The molecule has 7 nitrogen and oxygen atoms in total. The van der Waals surface area contributed by atoms with E-state index in [0.29, 0.717) is 31.8 Å².